The molecule has 1 N–H and O–H groups in total. The largest absolute Gasteiger partial charge is 0.478 e. The van der Waals surface area contributed by atoms with E-state index in [-0.39, 0.29) is 5.91 Å². The molecule has 0 unspecified atom stereocenters. The summed E-state index contributed by atoms with van der Waals surface area (Å²) in [6.07, 6.45) is 1.07. The van der Waals surface area contributed by atoms with Crippen LogP contribution >= 0.6 is 11.6 Å². The Balaban J connectivity index is 1.46. The summed E-state index contributed by atoms with van der Waals surface area (Å²) in [6, 6.07) is 20.5. The van der Waals surface area contributed by atoms with E-state index in [0.29, 0.717) is 28.3 Å². The van der Waals surface area contributed by atoms with Crippen molar-refractivity contribution in [2.45, 2.75) is 45.6 Å². The first kappa shape index (κ1) is 22.9. The minimum Gasteiger partial charge on any atom is -0.478 e. The Bertz CT molecular complexity index is 1260. The van der Waals surface area contributed by atoms with E-state index >= 15 is 0 Å². The van der Waals surface area contributed by atoms with Crippen LogP contribution in [0.3, 0.4) is 0 Å². The molecule has 0 radical (unpaired) electrons. The maximum Gasteiger partial charge on any atom is 0.267 e. The van der Waals surface area contributed by atoms with Gasteiger partial charge in [-0.1, -0.05) is 31.5 Å². The normalized spacial score (nSPS) is 12.5. The van der Waals surface area contributed by atoms with Crippen molar-refractivity contribution >= 4 is 34.3 Å². The van der Waals surface area contributed by atoms with Gasteiger partial charge in [0, 0.05) is 16.3 Å². The van der Waals surface area contributed by atoms with Gasteiger partial charge in [-0.2, -0.15) is 0 Å². The lowest BCUT2D eigenvalue weighted by Crippen LogP contribution is -2.42. The number of anilines is 1. The van der Waals surface area contributed by atoms with Crippen molar-refractivity contribution < 1.29 is 13.9 Å². The van der Waals surface area contributed by atoms with Gasteiger partial charge in [0.1, 0.15) is 11.3 Å². The summed E-state index contributed by atoms with van der Waals surface area (Å²) in [4.78, 5) is 17.5. The Morgan fingerprint density at radius 1 is 1.09 bits per heavy atom. The zero-order valence-electron chi connectivity index (χ0n) is 19.2. The number of benzene rings is 3. The molecular weight excluding hydrogens is 436 g/mol. The molecule has 0 bridgehead atoms. The summed E-state index contributed by atoms with van der Waals surface area (Å²) in [7, 11) is 0. The van der Waals surface area contributed by atoms with Crippen molar-refractivity contribution in [3.63, 3.8) is 0 Å². The lowest BCUT2D eigenvalue weighted by molar-refractivity contribution is -0.128. The molecule has 0 aliphatic carbocycles. The number of fused-ring (bicyclic) bond motifs is 1. The fourth-order valence-corrected chi connectivity index (χ4v) is 3.56. The summed E-state index contributed by atoms with van der Waals surface area (Å²) in [5, 5.41) is 3.52. The highest BCUT2D eigenvalue weighted by Gasteiger charge is 2.30. The summed E-state index contributed by atoms with van der Waals surface area (Å²) in [6.45, 7) is 7.82. The lowest BCUT2D eigenvalue weighted by atomic mass is 9.98. The Morgan fingerprint density at radius 2 is 1.79 bits per heavy atom. The highest BCUT2D eigenvalue weighted by molar-refractivity contribution is 6.30. The Kier molecular flexibility index (Phi) is 6.43. The number of hydrogen-bond acceptors (Lipinski definition) is 4. The van der Waals surface area contributed by atoms with Crippen LogP contribution in [-0.4, -0.2) is 16.5 Å². The van der Waals surface area contributed by atoms with Crippen LogP contribution in [0.15, 0.2) is 71.1 Å². The molecule has 170 valence electrons. The van der Waals surface area contributed by atoms with Gasteiger partial charge in [-0.25, -0.2) is 4.98 Å². The first-order valence-electron chi connectivity index (χ1n) is 11.0. The number of aromatic nitrogens is 1. The molecule has 6 heteroatoms. The van der Waals surface area contributed by atoms with Crippen molar-refractivity contribution in [3.8, 4) is 17.2 Å². The monoisotopic (exact) mass is 462 g/mol. The standard InChI is InChI=1S/C27H27ClN2O3/c1-5-17(2)19-8-15-24-23(16-19)30-25(32-24)18-6-11-21(12-7-18)29-26(31)27(3,4)33-22-13-9-20(28)10-14-22/h6-17H,5H2,1-4H3,(H,29,31)/t17-/m0/s1. The van der Waals surface area contributed by atoms with E-state index in [1.807, 2.05) is 30.3 Å². The average molecular weight is 463 g/mol. The number of amides is 1. The van der Waals surface area contributed by atoms with Crippen LogP contribution in [-0.2, 0) is 4.79 Å². The number of halogens is 1. The second kappa shape index (κ2) is 9.28. The van der Waals surface area contributed by atoms with Crippen molar-refractivity contribution in [2.75, 3.05) is 5.32 Å². The van der Waals surface area contributed by atoms with Crippen molar-refractivity contribution in [2.24, 2.45) is 0 Å². The molecule has 0 fully saturated rings. The van der Waals surface area contributed by atoms with Crippen molar-refractivity contribution in [1.29, 1.82) is 0 Å². The Hall–Kier alpha value is -3.31. The second-order valence-corrected chi connectivity index (χ2v) is 9.09. The minimum atomic E-state index is -1.07. The molecule has 4 rings (SSSR count). The van der Waals surface area contributed by atoms with Gasteiger partial charge in [-0.15, -0.1) is 0 Å². The van der Waals surface area contributed by atoms with Gasteiger partial charge in [-0.3, -0.25) is 4.79 Å². The Morgan fingerprint density at radius 3 is 2.45 bits per heavy atom. The molecule has 4 aromatic rings. The second-order valence-electron chi connectivity index (χ2n) is 8.65. The molecule has 1 aromatic heterocycles. The maximum absolute atomic E-state index is 12.8. The van der Waals surface area contributed by atoms with Gasteiger partial charge in [0.05, 0.1) is 0 Å². The molecule has 5 nitrogen and oxygen atoms in total. The number of nitrogens with zero attached hydrogens (tertiary/aromatic N) is 1. The van der Waals surface area contributed by atoms with Crippen molar-refractivity contribution in [3.05, 3.63) is 77.3 Å². The topological polar surface area (TPSA) is 64.4 Å². The predicted octanol–water partition coefficient (Wildman–Crippen LogP) is 7.46. The third-order valence-electron chi connectivity index (χ3n) is 5.72. The molecule has 33 heavy (non-hydrogen) atoms. The number of hydrogen-bond donors (Lipinski definition) is 1. The average Bonchev–Trinajstić information content (AvgIpc) is 3.23. The third-order valence-corrected chi connectivity index (χ3v) is 5.97. The van der Waals surface area contributed by atoms with Crippen LogP contribution < -0.4 is 10.1 Å². The van der Waals surface area contributed by atoms with Crippen LogP contribution in [0.4, 0.5) is 5.69 Å². The molecule has 0 spiro atoms. The maximum atomic E-state index is 12.8. The summed E-state index contributed by atoms with van der Waals surface area (Å²) >= 11 is 5.91. The van der Waals surface area contributed by atoms with E-state index in [0.717, 1.165) is 23.1 Å². The molecule has 3 aromatic carbocycles. The van der Waals surface area contributed by atoms with Gasteiger partial charge in [0.15, 0.2) is 11.2 Å². The van der Waals surface area contributed by atoms with E-state index in [1.54, 1.807) is 38.1 Å². The fraction of sp³-hybridized carbons (Fsp3) is 0.259. The first-order chi connectivity index (χ1) is 15.7. The number of carbonyl (C=O) groups is 1. The van der Waals surface area contributed by atoms with Crippen LogP contribution in [0.2, 0.25) is 5.02 Å². The van der Waals surface area contributed by atoms with Gasteiger partial charge < -0.3 is 14.5 Å². The number of oxazole rings is 1. The SMILES string of the molecule is CC[C@H](C)c1ccc2oc(-c3ccc(NC(=O)C(C)(C)Oc4ccc(Cl)cc4)cc3)nc2c1. The number of ether oxygens (including phenoxy) is 1. The van der Waals surface area contributed by atoms with Crippen LogP contribution in [0.25, 0.3) is 22.6 Å². The zero-order valence-corrected chi connectivity index (χ0v) is 19.9. The molecular formula is C27H27ClN2O3. The molecule has 1 amide bonds. The van der Waals surface area contributed by atoms with E-state index in [9.17, 15) is 4.79 Å². The first-order valence-corrected chi connectivity index (χ1v) is 11.4. The van der Waals surface area contributed by atoms with Crippen LogP contribution in [0.5, 0.6) is 5.75 Å². The van der Waals surface area contributed by atoms with E-state index < -0.39 is 5.60 Å². The zero-order chi connectivity index (χ0) is 23.6. The third kappa shape index (κ3) is 5.20. The van der Waals surface area contributed by atoms with E-state index in [4.69, 9.17) is 20.8 Å². The summed E-state index contributed by atoms with van der Waals surface area (Å²) < 4.78 is 11.8. The molecule has 0 aliphatic heterocycles. The molecule has 0 saturated carbocycles. The molecule has 1 heterocycles. The van der Waals surface area contributed by atoms with E-state index in [1.165, 1.54) is 5.56 Å². The van der Waals surface area contributed by atoms with Gasteiger partial charge in [0.2, 0.25) is 5.89 Å². The van der Waals surface area contributed by atoms with Crippen molar-refractivity contribution in [1.82, 2.24) is 4.98 Å². The number of rotatable bonds is 7. The van der Waals surface area contributed by atoms with E-state index in [2.05, 4.69) is 36.3 Å². The van der Waals surface area contributed by atoms with Crippen LogP contribution in [0.1, 0.15) is 45.6 Å². The summed E-state index contributed by atoms with van der Waals surface area (Å²) in [5.74, 6) is 1.34. The van der Waals surface area contributed by atoms with Gasteiger partial charge in [0.25, 0.3) is 5.91 Å². The quantitative estimate of drug-likeness (QED) is 0.309. The predicted molar refractivity (Wildman–Crippen MR) is 133 cm³/mol. The number of nitrogens with one attached hydrogen (secondary N) is 1. The highest BCUT2D eigenvalue weighted by Crippen LogP contribution is 2.29. The van der Waals surface area contributed by atoms with Crippen LogP contribution in [0, 0.1) is 0 Å². The number of carbonyl (C=O) groups excluding carboxylic acids is 1. The lowest BCUT2D eigenvalue weighted by Gasteiger charge is -2.25. The van der Waals surface area contributed by atoms with Gasteiger partial charge >= 0.3 is 0 Å². The molecule has 0 saturated heterocycles. The minimum absolute atomic E-state index is 0.260. The van der Waals surface area contributed by atoms with Gasteiger partial charge in [-0.05, 0) is 92.4 Å². The molecule has 0 aliphatic rings. The summed E-state index contributed by atoms with van der Waals surface area (Å²) in [5.41, 5.74) is 3.29. The Labute approximate surface area is 198 Å². The smallest absolute Gasteiger partial charge is 0.267 e. The molecule has 1 atom stereocenters. The fourth-order valence-electron chi connectivity index (χ4n) is 3.43. The highest BCUT2D eigenvalue weighted by atomic mass is 35.5.